The van der Waals surface area contributed by atoms with E-state index in [0.717, 1.165) is 32.2 Å². The Morgan fingerprint density at radius 2 is 2.21 bits per heavy atom. The zero-order chi connectivity index (χ0) is 10.6. The molecule has 0 aliphatic rings. The second-order valence-electron chi connectivity index (χ2n) is 2.70. The second-order valence-corrected chi connectivity index (χ2v) is 5.59. The lowest BCUT2D eigenvalue weighted by Gasteiger charge is -2.05. The van der Waals surface area contributed by atoms with Crippen LogP contribution < -0.4 is 5.32 Å². The average molecular weight is 385 g/mol. The summed E-state index contributed by atoms with van der Waals surface area (Å²) in [4.78, 5) is 4.27. The van der Waals surface area contributed by atoms with Gasteiger partial charge in [0.05, 0.1) is 5.69 Å². The van der Waals surface area contributed by atoms with Crippen LogP contribution in [0.5, 0.6) is 0 Å². The van der Waals surface area contributed by atoms with E-state index in [1.54, 1.807) is 6.20 Å². The Labute approximate surface area is 109 Å². The molecule has 1 heterocycles. The van der Waals surface area contributed by atoms with Gasteiger partial charge in [-0.1, -0.05) is 22.5 Å². The average Bonchev–Trinajstić information content (AvgIpc) is 2.08. The van der Waals surface area contributed by atoms with Crippen LogP contribution in [0.4, 0.5) is 0 Å². The number of nitrogens with one attached hydrogen (secondary N) is 1. The van der Waals surface area contributed by atoms with E-state index in [1.165, 1.54) is 0 Å². The van der Waals surface area contributed by atoms with Crippen LogP contribution in [0.15, 0.2) is 32.3 Å². The zero-order valence-electron chi connectivity index (χ0n) is 7.36. The smallest absolute Gasteiger partial charge is 0.0684 e. The highest BCUT2D eigenvalue weighted by Gasteiger charge is 2.01. The molecule has 0 aromatic carbocycles. The molecule has 1 aromatic rings. The minimum Gasteiger partial charge on any atom is -0.307 e. The molecule has 2 nitrogen and oxygen atoms in total. The number of hydrogen-bond acceptors (Lipinski definition) is 2. The minimum atomic E-state index is 0.721. The Kier molecular flexibility index (Phi) is 5.30. The lowest BCUT2D eigenvalue weighted by atomic mass is 10.3. The van der Waals surface area contributed by atoms with Crippen molar-refractivity contribution in [2.45, 2.75) is 6.54 Å². The van der Waals surface area contributed by atoms with Gasteiger partial charge in [0, 0.05) is 32.7 Å². The van der Waals surface area contributed by atoms with Crippen molar-refractivity contribution in [3.05, 3.63) is 38.0 Å². The number of pyridine rings is 1. The molecule has 76 valence electrons. The van der Waals surface area contributed by atoms with E-state index < -0.39 is 0 Å². The van der Waals surface area contributed by atoms with E-state index >= 15 is 0 Å². The quantitative estimate of drug-likeness (QED) is 0.857. The highest BCUT2D eigenvalue weighted by molar-refractivity contribution is 9.11. The van der Waals surface area contributed by atoms with Gasteiger partial charge in [-0.3, -0.25) is 4.98 Å². The first kappa shape index (κ1) is 12.4. The maximum Gasteiger partial charge on any atom is 0.0684 e. The number of aromatic nitrogens is 1. The summed E-state index contributed by atoms with van der Waals surface area (Å²) in [7, 11) is 0. The first-order valence-electron chi connectivity index (χ1n) is 3.93. The van der Waals surface area contributed by atoms with Crippen molar-refractivity contribution in [2.24, 2.45) is 0 Å². The van der Waals surface area contributed by atoms with E-state index in [2.05, 4.69) is 64.7 Å². The number of hydrogen-bond donors (Lipinski definition) is 1. The highest BCUT2D eigenvalue weighted by atomic mass is 79.9. The molecule has 0 atom stereocenters. The topological polar surface area (TPSA) is 24.9 Å². The van der Waals surface area contributed by atoms with Crippen LogP contribution in [0.25, 0.3) is 0 Å². The van der Waals surface area contributed by atoms with Crippen molar-refractivity contribution >= 4 is 47.8 Å². The van der Waals surface area contributed by atoms with Gasteiger partial charge in [0.1, 0.15) is 0 Å². The van der Waals surface area contributed by atoms with Crippen LogP contribution in [0.2, 0.25) is 0 Å². The summed E-state index contributed by atoms with van der Waals surface area (Å²) in [5.41, 5.74) is 0.988. The van der Waals surface area contributed by atoms with Crippen molar-refractivity contribution in [3.63, 3.8) is 0 Å². The first-order valence-corrected chi connectivity index (χ1v) is 6.31. The van der Waals surface area contributed by atoms with E-state index in [1.807, 2.05) is 6.07 Å². The van der Waals surface area contributed by atoms with Crippen molar-refractivity contribution < 1.29 is 0 Å². The molecule has 0 radical (unpaired) electrons. The monoisotopic (exact) mass is 382 g/mol. The third-order valence-corrected chi connectivity index (χ3v) is 2.89. The van der Waals surface area contributed by atoms with E-state index in [9.17, 15) is 0 Å². The van der Waals surface area contributed by atoms with Gasteiger partial charge >= 0.3 is 0 Å². The maximum atomic E-state index is 4.27. The fraction of sp³-hybridized carbons (Fsp3) is 0.222. The summed E-state index contributed by atoms with van der Waals surface area (Å²) < 4.78 is 2.91. The van der Waals surface area contributed by atoms with E-state index in [-0.39, 0.29) is 0 Å². The minimum absolute atomic E-state index is 0.721. The molecule has 0 spiro atoms. The lowest BCUT2D eigenvalue weighted by molar-refractivity contribution is 0.734. The predicted octanol–water partition coefficient (Wildman–Crippen LogP) is 3.60. The van der Waals surface area contributed by atoms with Crippen molar-refractivity contribution in [1.82, 2.24) is 10.3 Å². The Morgan fingerprint density at radius 3 is 2.79 bits per heavy atom. The normalized spacial score (nSPS) is 10.2. The summed E-state index contributed by atoms with van der Waals surface area (Å²) in [6, 6.07) is 1.98. The molecule has 0 aliphatic carbocycles. The second kappa shape index (κ2) is 6.00. The fourth-order valence-electron chi connectivity index (χ4n) is 0.890. The summed E-state index contributed by atoms with van der Waals surface area (Å²) >= 11 is 10.1. The summed E-state index contributed by atoms with van der Waals surface area (Å²) in [5.74, 6) is 0. The van der Waals surface area contributed by atoms with Gasteiger partial charge in [-0.05, 0) is 37.9 Å². The third-order valence-electron chi connectivity index (χ3n) is 1.49. The standard InChI is InChI=1S/C9H9Br3N2/c1-6(10)3-13-5-9-8(12)2-7(11)4-14-9/h2,4,13H,1,3,5H2. The molecule has 0 aliphatic heterocycles. The number of halogens is 3. The highest BCUT2D eigenvalue weighted by Crippen LogP contribution is 2.19. The van der Waals surface area contributed by atoms with Gasteiger partial charge in [0.15, 0.2) is 0 Å². The molecule has 1 aromatic heterocycles. The van der Waals surface area contributed by atoms with Gasteiger partial charge in [-0.2, -0.15) is 0 Å². The van der Waals surface area contributed by atoms with Crippen LogP contribution in [-0.4, -0.2) is 11.5 Å². The van der Waals surface area contributed by atoms with Crippen LogP contribution >= 0.6 is 47.8 Å². The Morgan fingerprint density at radius 1 is 1.50 bits per heavy atom. The molecule has 14 heavy (non-hydrogen) atoms. The summed E-state index contributed by atoms with van der Waals surface area (Å²) in [6.07, 6.45) is 1.78. The Hall–Kier alpha value is 0.290. The Balaban J connectivity index is 2.55. The lowest BCUT2D eigenvalue weighted by Crippen LogP contribution is -2.15. The SMILES string of the molecule is C=C(Br)CNCc1ncc(Br)cc1Br. The van der Waals surface area contributed by atoms with E-state index in [4.69, 9.17) is 0 Å². The molecule has 0 saturated carbocycles. The van der Waals surface area contributed by atoms with Crippen LogP contribution in [-0.2, 0) is 6.54 Å². The fourth-order valence-corrected chi connectivity index (χ4v) is 2.22. The molecule has 0 unspecified atom stereocenters. The molecular formula is C9H9Br3N2. The van der Waals surface area contributed by atoms with E-state index in [0.29, 0.717) is 0 Å². The van der Waals surface area contributed by atoms with Crippen molar-refractivity contribution in [3.8, 4) is 0 Å². The first-order chi connectivity index (χ1) is 6.59. The van der Waals surface area contributed by atoms with Gasteiger partial charge in [0.2, 0.25) is 0 Å². The third kappa shape index (κ3) is 4.21. The van der Waals surface area contributed by atoms with Gasteiger partial charge in [0.25, 0.3) is 0 Å². The summed E-state index contributed by atoms with van der Waals surface area (Å²) in [5, 5.41) is 3.21. The van der Waals surface area contributed by atoms with Gasteiger partial charge in [-0.15, -0.1) is 0 Å². The van der Waals surface area contributed by atoms with Crippen LogP contribution in [0.3, 0.4) is 0 Å². The molecule has 0 saturated heterocycles. The molecule has 0 amide bonds. The zero-order valence-corrected chi connectivity index (χ0v) is 12.1. The Bertz CT molecular complexity index is 339. The molecule has 5 heteroatoms. The largest absolute Gasteiger partial charge is 0.307 e. The van der Waals surface area contributed by atoms with Crippen molar-refractivity contribution in [1.29, 1.82) is 0 Å². The molecule has 1 N–H and O–H groups in total. The molecule has 0 fully saturated rings. The van der Waals surface area contributed by atoms with Crippen molar-refractivity contribution in [2.75, 3.05) is 6.54 Å². The van der Waals surface area contributed by atoms with Gasteiger partial charge in [-0.25, -0.2) is 0 Å². The number of nitrogens with zero attached hydrogens (tertiary/aromatic N) is 1. The van der Waals surface area contributed by atoms with Crippen LogP contribution in [0, 0.1) is 0 Å². The van der Waals surface area contributed by atoms with Crippen LogP contribution in [0.1, 0.15) is 5.69 Å². The molecule has 1 rings (SSSR count). The summed E-state index contributed by atoms with van der Waals surface area (Å²) in [6.45, 7) is 5.20. The molecular weight excluding hydrogens is 376 g/mol. The molecule has 0 bridgehead atoms. The van der Waals surface area contributed by atoms with Gasteiger partial charge < -0.3 is 5.32 Å². The number of rotatable bonds is 4. The predicted molar refractivity (Wildman–Crippen MR) is 69.4 cm³/mol. The maximum absolute atomic E-state index is 4.27.